The molecule has 0 aliphatic rings. The van der Waals surface area contributed by atoms with Gasteiger partial charge in [0.25, 0.3) is 0 Å². The van der Waals surface area contributed by atoms with Gasteiger partial charge in [0.1, 0.15) is 0 Å². The van der Waals surface area contributed by atoms with Gasteiger partial charge >= 0.3 is 0 Å². The molecule has 5 heteroatoms. The van der Waals surface area contributed by atoms with E-state index in [1.165, 1.54) is 0 Å². The molecule has 0 spiro atoms. The summed E-state index contributed by atoms with van der Waals surface area (Å²) in [6, 6.07) is 0. The van der Waals surface area contributed by atoms with Crippen molar-refractivity contribution in [3.63, 3.8) is 0 Å². The molecule has 0 bridgehead atoms. The number of aryl methyl sites for hydroxylation is 1. The van der Waals surface area contributed by atoms with Crippen LogP contribution in [0.1, 0.15) is 6.42 Å². The topological polar surface area (TPSA) is 59.3 Å². The summed E-state index contributed by atoms with van der Waals surface area (Å²) in [4.78, 5) is 3.96. The average molecular weight is 213 g/mol. The number of hydrogen-bond acceptors (Lipinski definition) is 4. The quantitative estimate of drug-likeness (QED) is 0.591. The molecule has 0 saturated heterocycles. The number of hydrogen-bond donors (Lipinski definition) is 2. The second kappa shape index (κ2) is 7.39. The zero-order valence-electron chi connectivity index (χ0n) is 9.09. The lowest BCUT2D eigenvalue weighted by Gasteiger charge is -2.10. The molecule has 1 unspecified atom stereocenters. The van der Waals surface area contributed by atoms with Gasteiger partial charge in [-0.2, -0.15) is 0 Å². The van der Waals surface area contributed by atoms with Crippen LogP contribution >= 0.6 is 0 Å². The standard InChI is InChI=1S/C10H19N3O2/c1-15-8-10(14)7-11-3-2-5-13-6-4-12-9-13/h4,6,9-11,14H,2-3,5,7-8H2,1H3. The van der Waals surface area contributed by atoms with Gasteiger partial charge in [-0.15, -0.1) is 0 Å². The molecular formula is C10H19N3O2. The van der Waals surface area contributed by atoms with Gasteiger partial charge in [0.2, 0.25) is 0 Å². The van der Waals surface area contributed by atoms with Crippen molar-refractivity contribution in [2.24, 2.45) is 0 Å². The predicted molar refractivity (Wildman–Crippen MR) is 57.6 cm³/mol. The Hall–Kier alpha value is -0.910. The lowest BCUT2D eigenvalue weighted by molar-refractivity contribution is 0.0646. The van der Waals surface area contributed by atoms with Crippen LogP contribution in [-0.4, -0.2) is 47.6 Å². The Balaban J connectivity index is 1.93. The zero-order chi connectivity index (χ0) is 10.9. The molecule has 1 aromatic heterocycles. The summed E-state index contributed by atoms with van der Waals surface area (Å²) >= 11 is 0. The molecule has 0 fully saturated rings. The van der Waals surface area contributed by atoms with Crippen LogP contribution in [0.5, 0.6) is 0 Å². The Morgan fingerprint density at radius 2 is 2.47 bits per heavy atom. The summed E-state index contributed by atoms with van der Waals surface area (Å²) < 4.78 is 6.85. The van der Waals surface area contributed by atoms with Gasteiger partial charge in [-0.25, -0.2) is 4.98 Å². The van der Waals surface area contributed by atoms with Crippen molar-refractivity contribution in [1.82, 2.24) is 14.9 Å². The van der Waals surface area contributed by atoms with E-state index >= 15 is 0 Å². The largest absolute Gasteiger partial charge is 0.389 e. The van der Waals surface area contributed by atoms with Gasteiger partial charge < -0.3 is 19.7 Å². The summed E-state index contributed by atoms with van der Waals surface area (Å²) in [6.45, 7) is 2.80. The summed E-state index contributed by atoms with van der Waals surface area (Å²) in [6.07, 6.45) is 6.13. The summed E-state index contributed by atoms with van der Waals surface area (Å²) in [5.74, 6) is 0. The van der Waals surface area contributed by atoms with E-state index in [9.17, 15) is 5.11 Å². The van der Waals surface area contributed by atoms with Crippen molar-refractivity contribution >= 4 is 0 Å². The third-order valence-corrected chi connectivity index (χ3v) is 2.07. The maximum Gasteiger partial charge on any atom is 0.0945 e. The number of aliphatic hydroxyl groups excluding tert-OH is 1. The van der Waals surface area contributed by atoms with Crippen LogP contribution in [0.25, 0.3) is 0 Å². The first-order chi connectivity index (χ1) is 7.33. The van der Waals surface area contributed by atoms with Gasteiger partial charge in [0.15, 0.2) is 0 Å². The number of ether oxygens (including phenoxy) is 1. The molecule has 1 heterocycles. The van der Waals surface area contributed by atoms with Gasteiger partial charge in [-0.3, -0.25) is 0 Å². The van der Waals surface area contributed by atoms with Crippen LogP contribution in [0.4, 0.5) is 0 Å². The van der Waals surface area contributed by atoms with Crippen LogP contribution in [0.15, 0.2) is 18.7 Å². The molecule has 15 heavy (non-hydrogen) atoms. The Morgan fingerprint density at radius 1 is 1.60 bits per heavy atom. The van der Waals surface area contributed by atoms with Crippen LogP contribution in [-0.2, 0) is 11.3 Å². The average Bonchev–Trinajstić information content (AvgIpc) is 2.70. The fourth-order valence-electron chi connectivity index (χ4n) is 1.33. The van der Waals surface area contributed by atoms with Gasteiger partial charge in [0, 0.05) is 32.6 Å². The minimum Gasteiger partial charge on any atom is -0.389 e. The third-order valence-electron chi connectivity index (χ3n) is 2.07. The van der Waals surface area contributed by atoms with E-state index < -0.39 is 6.10 Å². The summed E-state index contributed by atoms with van der Waals surface area (Å²) in [7, 11) is 1.59. The second-order valence-corrected chi connectivity index (χ2v) is 3.47. The van der Waals surface area contributed by atoms with E-state index in [-0.39, 0.29) is 0 Å². The van der Waals surface area contributed by atoms with Gasteiger partial charge in [-0.1, -0.05) is 0 Å². The number of methoxy groups -OCH3 is 1. The lowest BCUT2D eigenvalue weighted by Crippen LogP contribution is -2.30. The molecule has 0 aliphatic heterocycles. The minimum atomic E-state index is -0.414. The highest BCUT2D eigenvalue weighted by atomic mass is 16.5. The van der Waals surface area contributed by atoms with Crippen LogP contribution in [0.2, 0.25) is 0 Å². The fourth-order valence-corrected chi connectivity index (χ4v) is 1.33. The maximum absolute atomic E-state index is 9.33. The highest BCUT2D eigenvalue weighted by Crippen LogP contribution is 1.89. The SMILES string of the molecule is COCC(O)CNCCCn1ccnc1. The molecule has 0 aliphatic carbocycles. The highest BCUT2D eigenvalue weighted by Gasteiger charge is 2.01. The van der Waals surface area contributed by atoms with E-state index in [0.717, 1.165) is 19.5 Å². The lowest BCUT2D eigenvalue weighted by atomic mass is 10.3. The first-order valence-electron chi connectivity index (χ1n) is 5.16. The van der Waals surface area contributed by atoms with Crippen molar-refractivity contribution in [3.05, 3.63) is 18.7 Å². The van der Waals surface area contributed by atoms with E-state index in [2.05, 4.69) is 10.3 Å². The molecule has 1 rings (SSSR count). The second-order valence-electron chi connectivity index (χ2n) is 3.47. The third kappa shape index (κ3) is 5.51. The normalized spacial score (nSPS) is 12.9. The van der Waals surface area contributed by atoms with Crippen molar-refractivity contribution in [1.29, 1.82) is 0 Å². The van der Waals surface area contributed by atoms with E-state index in [4.69, 9.17) is 4.74 Å². The van der Waals surface area contributed by atoms with Crippen molar-refractivity contribution in [3.8, 4) is 0 Å². The molecule has 0 aromatic carbocycles. The van der Waals surface area contributed by atoms with Crippen molar-refractivity contribution in [2.45, 2.75) is 19.1 Å². The molecule has 5 nitrogen and oxygen atoms in total. The van der Waals surface area contributed by atoms with Gasteiger partial charge in [0.05, 0.1) is 19.0 Å². The monoisotopic (exact) mass is 213 g/mol. The molecule has 0 radical (unpaired) electrons. The first-order valence-corrected chi connectivity index (χ1v) is 5.16. The smallest absolute Gasteiger partial charge is 0.0945 e. The van der Waals surface area contributed by atoms with Crippen molar-refractivity contribution in [2.75, 3.05) is 26.8 Å². The molecule has 2 N–H and O–H groups in total. The Labute approximate surface area is 90.1 Å². The Bertz CT molecular complexity index is 239. The predicted octanol–water partition coefficient (Wildman–Crippen LogP) is -0.130. The summed E-state index contributed by atoms with van der Waals surface area (Å²) in [5.41, 5.74) is 0. The Morgan fingerprint density at radius 3 is 3.13 bits per heavy atom. The van der Waals surface area contributed by atoms with E-state index in [1.54, 1.807) is 19.6 Å². The van der Waals surface area contributed by atoms with Gasteiger partial charge in [-0.05, 0) is 13.0 Å². The molecular weight excluding hydrogens is 194 g/mol. The Kier molecular flexibility index (Phi) is 5.99. The van der Waals surface area contributed by atoms with Crippen LogP contribution in [0.3, 0.4) is 0 Å². The number of aliphatic hydroxyl groups is 1. The van der Waals surface area contributed by atoms with Crippen molar-refractivity contribution < 1.29 is 9.84 Å². The molecule has 1 aromatic rings. The summed E-state index contributed by atoms with van der Waals surface area (Å²) in [5, 5.41) is 12.5. The number of imidazole rings is 1. The van der Waals surface area contributed by atoms with Crippen LogP contribution in [0, 0.1) is 0 Å². The minimum absolute atomic E-state index is 0.383. The van der Waals surface area contributed by atoms with Crippen LogP contribution < -0.4 is 5.32 Å². The van der Waals surface area contributed by atoms with E-state index in [0.29, 0.717) is 13.2 Å². The molecule has 0 saturated carbocycles. The number of nitrogens with one attached hydrogen (secondary N) is 1. The zero-order valence-corrected chi connectivity index (χ0v) is 9.09. The molecule has 1 atom stereocenters. The number of rotatable bonds is 8. The van der Waals surface area contributed by atoms with E-state index in [1.807, 2.05) is 10.8 Å². The molecule has 86 valence electrons. The first kappa shape index (κ1) is 12.2. The number of nitrogens with zero attached hydrogens (tertiary/aromatic N) is 2. The highest BCUT2D eigenvalue weighted by molar-refractivity contribution is 4.73. The number of aromatic nitrogens is 2. The maximum atomic E-state index is 9.33. The molecule has 0 amide bonds. The fraction of sp³-hybridized carbons (Fsp3) is 0.700.